The van der Waals surface area contributed by atoms with Crippen molar-refractivity contribution in [2.45, 2.75) is 160 Å². The zero-order valence-corrected chi connectivity index (χ0v) is 35.8. The summed E-state index contributed by atoms with van der Waals surface area (Å²) in [6.07, 6.45) is -5.84. The smallest absolute Gasteiger partial charge is 0.407 e. The maximum absolute atomic E-state index is 14.4. The minimum absolute atomic E-state index is 0.00175. The van der Waals surface area contributed by atoms with Gasteiger partial charge in [0, 0.05) is 30.7 Å². The van der Waals surface area contributed by atoms with E-state index in [1.807, 2.05) is 27.7 Å². The molecule has 0 radical (unpaired) electrons. The number of ether oxygens (including phenoxy) is 7. The highest BCUT2D eigenvalue weighted by Crippen LogP contribution is 2.66. The fraction of sp³-hybridized carbons (Fsp3) is 0.727. The van der Waals surface area contributed by atoms with E-state index in [4.69, 9.17) is 33.2 Å². The fourth-order valence-corrected chi connectivity index (χ4v) is 10.8. The molecular formula is C44H62N2O13. The molecule has 0 spiro atoms. The molecule has 59 heavy (non-hydrogen) atoms. The van der Waals surface area contributed by atoms with Gasteiger partial charge in [0.05, 0.1) is 30.2 Å². The number of carbonyl (C=O) groups excluding carboxylic acids is 4. The highest BCUT2D eigenvalue weighted by molar-refractivity contribution is 5.89. The van der Waals surface area contributed by atoms with Crippen molar-refractivity contribution >= 4 is 24.0 Å². The molecule has 0 aromatic heterocycles. The van der Waals surface area contributed by atoms with Crippen LogP contribution in [0.4, 0.5) is 4.79 Å². The van der Waals surface area contributed by atoms with Gasteiger partial charge in [0.15, 0.2) is 18.0 Å². The number of fused-ring (bicyclic) bond motifs is 8. The van der Waals surface area contributed by atoms with Gasteiger partial charge in [-0.25, -0.2) is 14.4 Å². The van der Waals surface area contributed by atoms with Crippen LogP contribution in [-0.2, 0) is 42.7 Å². The standard InChI is InChI=1S/C44H62N2O13/c1-10-27(45-39(51)59-40(4,5)6)32(48)38(50)54-28-21-44(52)36(57-37(49)26-15-12-11-13-16-26)34-42(9,18-17-29-43(34,23-53-29)58-25(3)47)35-33(31(24(28)2)41(44,7)8)55-30(56-35)22-46-19-14-20-46/h11-13,15-16,27-30,32-36,48,52H,10,14,17-23H2,1-9H3,(H,45,51)/t27-,28-,29+,30+,32+,33+,34-,35+,36-,42+,43-,44+/m0/s1. The predicted molar refractivity (Wildman–Crippen MR) is 211 cm³/mol. The van der Waals surface area contributed by atoms with E-state index in [2.05, 4.69) is 10.2 Å². The molecular weight excluding hydrogens is 764 g/mol. The molecule has 0 unspecified atom stereocenters. The van der Waals surface area contributed by atoms with Gasteiger partial charge in [0.25, 0.3) is 0 Å². The summed E-state index contributed by atoms with van der Waals surface area (Å²) in [6.45, 7) is 18.0. The van der Waals surface area contributed by atoms with Gasteiger partial charge >= 0.3 is 24.0 Å². The molecule has 15 nitrogen and oxygen atoms in total. The average molecular weight is 827 g/mol. The van der Waals surface area contributed by atoms with Gasteiger partial charge in [-0.05, 0) is 89.7 Å². The van der Waals surface area contributed by atoms with Crippen molar-refractivity contribution in [2.75, 3.05) is 26.2 Å². The van der Waals surface area contributed by atoms with Crippen molar-refractivity contribution in [2.24, 2.45) is 16.7 Å². The second kappa shape index (κ2) is 15.7. The first-order valence-corrected chi connectivity index (χ1v) is 21.1. The summed E-state index contributed by atoms with van der Waals surface area (Å²) in [5, 5.41) is 27.8. The number of nitrogens with zero attached hydrogens (tertiary/aromatic N) is 1. The minimum atomic E-state index is -2.01. The summed E-state index contributed by atoms with van der Waals surface area (Å²) >= 11 is 0. The summed E-state index contributed by atoms with van der Waals surface area (Å²) in [7, 11) is 0. The van der Waals surface area contributed by atoms with E-state index in [9.17, 15) is 29.4 Å². The minimum Gasteiger partial charge on any atom is -0.456 e. The maximum Gasteiger partial charge on any atom is 0.407 e. The second-order valence-electron chi connectivity index (χ2n) is 19.1. The van der Waals surface area contributed by atoms with Gasteiger partial charge in [-0.15, -0.1) is 0 Å². The molecule has 6 aliphatic rings. The Kier molecular flexibility index (Phi) is 11.6. The Morgan fingerprint density at radius 2 is 1.75 bits per heavy atom. The SMILES string of the molecule is CC[C@H](NC(=O)OC(C)(C)C)[C@@H](O)C(=O)O[C@H]1C[C@@]2(O)[C@@H](OC(=O)c3ccccc3)[C@H]3[C@@](C)(CC[C@H]4OC[C@]43OC(C)=O)[C@@H]3O[C@H](CN4CCC4)O[C@@H]3C(=C1C)C2(C)C. The number of amides is 1. The quantitative estimate of drug-likeness (QED) is 0.173. The van der Waals surface area contributed by atoms with Crippen molar-refractivity contribution in [3.05, 3.63) is 47.0 Å². The lowest BCUT2D eigenvalue weighted by Crippen LogP contribution is -2.79. The molecule has 2 saturated carbocycles. The molecule has 7 rings (SSSR count). The number of likely N-dealkylation sites (tertiary alicyclic amines) is 1. The molecule has 5 fully saturated rings. The van der Waals surface area contributed by atoms with Gasteiger partial charge in [0.1, 0.15) is 35.6 Å². The Morgan fingerprint density at radius 3 is 2.32 bits per heavy atom. The van der Waals surface area contributed by atoms with Gasteiger partial charge in [-0.2, -0.15) is 0 Å². The largest absolute Gasteiger partial charge is 0.456 e. The van der Waals surface area contributed by atoms with Crippen molar-refractivity contribution in [1.82, 2.24) is 10.2 Å². The zero-order chi connectivity index (χ0) is 42.9. The van der Waals surface area contributed by atoms with Gasteiger partial charge in [-0.3, -0.25) is 9.69 Å². The predicted octanol–water partition coefficient (Wildman–Crippen LogP) is 4.21. The number of rotatable bonds is 10. The van der Waals surface area contributed by atoms with E-state index in [1.165, 1.54) is 6.92 Å². The molecule has 326 valence electrons. The summed E-state index contributed by atoms with van der Waals surface area (Å²) in [5.41, 5.74) is -4.84. The van der Waals surface area contributed by atoms with E-state index in [1.54, 1.807) is 58.0 Å². The van der Waals surface area contributed by atoms with Crippen LogP contribution in [0.5, 0.6) is 0 Å². The van der Waals surface area contributed by atoms with Crippen LogP contribution in [0.3, 0.4) is 0 Å². The van der Waals surface area contributed by atoms with Crippen molar-refractivity contribution in [3.63, 3.8) is 0 Å². The van der Waals surface area contributed by atoms with Gasteiger partial charge < -0.3 is 48.7 Å². The number of hydrogen-bond acceptors (Lipinski definition) is 14. The van der Waals surface area contributed by atoms with E-state index in [-0.39, 0.29) is 25.0 Å². The molecule has 2 bridgehead atoms. The Bertz CT molecular complexity index is 1830. The van der Waals surface area contributed by atoms with Crippen molar-refractivity contribution in [3.8, 4) is 0 Å². The summed E-state index contributed by atoms with van der Waals surface area (Å²) in [5.74, 6) is -3.18. The number of aliphatic hydroxyl groups excluding tert-OH is 1. The first-order valence-electron chi connectivity index (χ1n) is 21.1. The topological polar surface area (TPSA) is 189 Å². The Labute approximate surface area is 346 Å². The molecule has 3 aliphatic carbocycles. The third-order valence-electron chi connectivity index (χ3n) is 13.9. The Morgan fingerprint density at radius 1 is 1.05 bits per heavy atom. The van der Waals surface area contributed by atoms with Crippen LogP contribution in [0.2, 0.25) is 0 Å². The van der Waals surface area contributed by atoms with Crippen LogP contribution in [0, 0.1) is 16.7 Å². The van der Waals surface area contributed by atoms with E-state index >= 15 is 0 Å². The van der Waals surface area contributed by atoms with Crippen LogP contribution >= 0.6 is 0 Å². The lowest BCUT2D eigenvalue weighted by atomic mass is 9.45. The Hall–Kier alpha value is -3.60. The molecule has 3 saturated heterocycles. The van der Waals surface area contributed by atoms with E-state index in [0.29, 0.717) is 30.5 Å². The fourth-order valence-electron chi connectivity index (χ4n) is 10.8. The molecule has 15 heteroatoms. The Balaban J connectivity index is 1.36. The van der Waals surface area contributed by atoms with Gasteiger partial charge in [-0.1, -0.05) is 45.9 Å². The number of hydrogen-bond donors (Lipinski definition) is 3. The molecule has 12 atom stereocenters. The first kappa shape index (κ1) is 43.5. The van der Waals surface area contributed by atoms with E-state index in [0.717, 1.165) is 19.5 Å². The van der Waals surface area contributed by atoms with Crippen molar-refractivity contribution < 1.29 is 62.5 Å². The molecule has 3 heterocycles. The molecule has 3 aliphatic heterocycles. The highest BCUT2D eigenvalue weighted by atomic mass is 16.7. The molecule has 1 amide bonds. The monoisotopic (exact) mass is 826 g/mol. The molecule has 3 N–H and O–H groups in total. The molecule has 1 aromatic rings. The lowest BCUT2D eigenvalue weighted by molar-refractivity contribution is -0.345. The van der Waals surface area contributed by atoms with Crippen LogP contribution < -0.4 is 5.32 Å². The number of nitrogens with one attached hydrogen (secondary N) is 1. The second-order valence-corrected chi connectivity index (χ2v) is 19.1. The van der Waals surface area contributed by atoms with Crippen LogP contribution in [0.25, 0.3) is 0 Å². The number of aliphatic hydroxyl groups is 2. The third kappa shape index (κ3) is 7.58. The van der Waals surface area contributed by atoms with Crippen LogP contribution in [-0.4, -0.2) is 131 Å². The van der Waals surface area contributed by atoms with Gasteiger partial charge in [0.2, 0.25) is 0 Å². The average Bonchev–Trinajstić information content (AvgIpc) is 3.55. The van der Waals surface area contributed by atoms with E-state index < -0.39 is 107 Å². The van der Waals surface area contributed by atoms with Crippen LogP contribution in [0.1, 0.15) is 105 Å². The maximum atomic E-state index is 14.4. The normalized spacial score (nSPS) is 37.0. The molecule has 1 aromatic carbocycles. The number of carbonyl (C=O) groups is 4. The zero-order valence-electron chi connectivity index (χ0n) is 35.8. The summed E-state index contributed by atoms with van der Waals surface area (Å²) in [6, 6.07) is 7.40. The summed E-state index contributed by atoms with van der Waals surface area (Å²) in [4.78, 5) is 56.4. The number of alkyl carbamates (subject to hydrolysis) is 1. The van der Waals surface area contributed by atoms with Crippen molar-refractivity contribution in [1.29, 1.82) is 0 Å². The third-order valence-corrected chi connectivity index (χ3v) is 13.9. The highest BCUT2D eigenvalue weighted by Gasteiger charge is 2.77. The lowest BCUT2D eigenvalue weighted by Gasteiger charge is -2.68. The first-order chi connectivity index (χ1) is 27.6. The summed E-state index contributed by atoms with van der Waals surface area (Å²) < 4.78 is 44.6. The number of benzene rings is 1. The number of esters is 3. The van der Waals surface area contributed by atoms with Crippen LogP contribution in [0.15, 0.2) is 41.5 Å².